The number of aryl methyl sites for hydroxylation is 1. The van der Waals surface area contributed by atoms with Crippen LogP contribution in [-0.2, 0) is 19.6 Å². The Balaban J connectivity index is 1.55. The van der Waals surface area contributed by atoms with Crippen molar-refractivity contribution in [3.8, 4) is 0 Å². The number of hydrogen-bond donors (Lipinski definition) is 1. The van der Waals surface area contributed by atoms with Gasteiger partial charge in [0.1, 0.15) is 0 Å². The highest BCUT2D eigenvalue weighted by atomic mass is 32.2. The van der Waals surface area contributed by atoms with Gasteiger partial charge < -0.3 is 10.1 Å². The Morgan fingerprint density at radius 2 is 1.77 bits per heavy atom. The number of carbonyl (C=O) groups is 1. The van der Waals surface area contributed by atoms with Crippen LogP contribution in [0.3, 0.4) is 0 Å². The Kier molecular flexibility index (Phi) is 8.89. The maximum atomic E-state index is 12.9. The summed E-state index contributed by atoms with van der Waals surface area (Å²) in [6.07, 6.45) is 2.72. The molecule has 1 aromatic rings. The molecule has 1 atom stereocenters. The first-order chi connectivity index (χ1) is 14.9. The molecular weight excluding hydrogens is 414 g/mol. The molecule has 2 aliphatic rings. The third kappa shape index (κ3) is 6.75. The lowest BCUT2D eigenvalue weighted by Gasteiger charge is -2.35. The highest BCUT2D eigenvalue weighted by molar-refractivity contribution is 7.89. The number of sulfonamides is 1. The van der Waals surface area contributed by atoms with Gasteiger partial charge in [-0.15, -0.1) is 0 Å². The summed E-state index contributed by atoms with van der Waals surface area (Å²) < 4.78 is 31.9. The number of nitrogens with one attached hydrogen (secondary N) is 1. The Bertz CT molecular complexity index is 799. The lowest BCUT2D eigenvalue weighted by Crippen LogP contribution is -2.47. The standard InChI is InChI=1S/C23H37N3O4S/c1-3-4-17-31(28,29)26-11-9-21(10-12-26)23(27)24-18-22(25-13-15-30-16-14-25)20-7-5-19(2)6-8-20/h5-8,21-22H,3-4,9-18H2,1-2H3,(H,24,27). The van der Waals surface area contributed by atoms with Gasteiger partial charge in [-0.25, -0.2) is 12.7 Å². The summed E-state index contributed by atoms with van der Waals surface area (Å²) in [4.78, 5) is 15.2. The van der Waals surface area contributed by atoms with E-state index >= 15 is 0 Å². The number of amides is 1. The minimum atomic E-state index is -3.19. The van der Waals surface area contributed by atoms with Crippen LogP contribution in [0.25, 0.3) is 0 Å². The molecule has 2 aliphatic heterocycles. The van der Waals surface area contributed by atoms with Crippen molar-refractivity contribution >= 4 is 15.9 Å². The zero-order valence-electron chi connectivity index (χ0n) is 18.9. The van der Waals surface area contributed by atoms with Crippen LogP contribution in [0, 0.1) is 12.8 Å². The molecule has 0 radical (unpaired) electrons. The van der Waals surface area contributed by atoms with E-state index in [0.29, 0.717) is 52.1 Å². The fraction of sp³-hybridized carbons (Fsp3) is 0.696. The molecular formula is C23H37N3O4S. The van der Waals surface area contributed by atoms with E-state index in [0.717, 1.165) is 19.5 Å². The molecule has 3 rings (SSSR count). The first kappa shape index (κ1) is 24.2. The fourth-order valence-electron chi connectivity index (χ4n) is 4.33. The number of rotatable bonds is 9. The number of piperidine rings is 1. The van der Waals surface area contributed by atoms with Crippen molar-refractivity contribution in [2.24, 2.45) is 5.92 Å². The number of nitrogens with zero attached hydrogens (tertiary/aromatic N) is 2. The second-order valence-corrected chi connectivity index (χ2v) is 10.8. The van der Waals surface area contributed by atoms with Gasteiger partial charge in [0, 0.05) is 38.6 Å². The average Bonchev–Trinajstić information content (AvgIpc) is 2.79. The highest BCUT2D eigenvalue weighted by Crippen LogP contribution is 2.24. The number of ether oxygens (including phenoxy) is 1. The quantitative estimate of drug-likeness (QED) is 0.623. The first-order valence-electron chi connectivity index (χ1n) is 11.5. The zero-order chi connectivity index (χ0) is 22.3. The summed E-state index contributed by atoms with van der Waals surface area (Å²) in [6.45, 7) is 8.62. The van der Waals surface area contributed by atoms with Crippen molar-refractivity contribution in [1.82, 2.24) is 14.5 Å². The molecule has 2 fully saturated rings. The highest BCUT2D eigenvalue weighted by Gasteiger charge is 2.31. The van der Waals surface area contributed by atoms with E-state index in [1.165, 1.54) is 11.1 Å². The molecule has 2 heterocycles. The zero-order valence-corrected chi connectivity index (χ0v) is 19.7. The van der Waals surface area contributed by atoms with Crippen LogP contribution >= 0.6 is 0 Å². The van der Waals surface area contributed by atoms with Gasteiger partial charge in [-0.1, -0.05) is 43.2 Å². The van der Waals surface area contributed by atoms with E-state index < -0.39 is 10.0 Å². The maximum absolute atomic E-state index is 12.9. The third-order valence-electron chi connectivity index (χ3n) is 6.39. The minimum Gasteiger partial charge on any atom is -0.379 e. The van der Waals surface area contributed by atoms with E-state index in [2.05, 4.69) is 41.4 Å². The molecule has 0 bridgehead atoms. The van der Waals surface area contributed by atoms with Crippen molar-refractivity contribution in [3.63, 3.8) is 0 Å². The summed E-state index contributed by atoms with van der Waals surface area (Å²) in [6, 6.07) is 8.61. The lowest BCUT2D eigenvalue weighted by atomic mass is 9.96. The van der Waals surface area contributed by atoms with E-state index in [1.54, 1.807) is 4.31 Å². The minimum absolute atomic E-state index is 0.0379. The van der Waals surface area contributed by atoms with E-state index in [9.17, 15) is 13.2 Å². The van der Waals surface area contributed by atoms with E-state index in [1.807, 2.05) is 6.92 Å². The molecule has 1 amide bonds. The Morgan fingerprint density at radius 1 is 1.13 bits per heavy atom. The largest absolute Gasteiger partial charge is 0.379 e. The molecule has 1 unspecified atom stereocenters. The molecule has 174 valence electrons. The normalized spacial score (nSPS) is 20.5. The van der Waals surface area contributed by atoms with Crippen molar-refractivity contribution in [1.29, 1.82) is 0 Å². The Morgan fingerprint density at radius 3 is 2.39 bits per heavy atom. The van der Waals surface area contributed by atoms with Crippen molar-refractivity contribution in [2.75, 3.05) is 51.7 Å². The molecule has 1 aromatic carbocycles. The van der Waals surface area contributed by atoms with Crippen LogP contribution in [-0.4, -0.2) is 75.2 Å². The first-order valence-corrected chi connectivity index (χ1v) is 13.2. The summed E-state index contributed by atoms with van der Waals surface area (Å²) in [7, 11) is -3.19. The molecule has 0 spiro atoms. The summed E-state index contributed by atoms with van der Waals surface area (Å²) in [5.74, 6) is 0.120. The molecule has 8 heteroatoms. The monoisotopic (exact) mass is 451 g/mol. The Labute approximate surface area is 187 Å². The molecule has 31 heavy (non-hydrogen) atoms. The number of benzene rings is 1. The van der Waals surface area contributed by atoms with Gasteiger partial charge in [-0.3, -0.25) is 9.69 Å². The van der Waals surface area contributed by atoms with Crippen LogP contribution in [0.2, 0.25) is 0 Å². The van der Waals surface area contributed by atoms with Crippen LogP contribution in [0.5, 0.6) is 0 Å². The molecule has 7 nitrogen and oxygen atoms in total. The summed E-state index contributed by atoms with van der Waals surface area (Å²) >= 11 is 0. The Hall–Kier alpha value is -1.48. The van der Waals surface area contributed by atoms with Gasteiger partial charge in [0.2, 0.25) is 15.9 Å². The number of unbranched alkanes of at least 4 members (excludes halogenated alkanes) is 1. The number of morpholine rings is 1. The van der Waals surface area contributed by atoms with Crippen LogP contribution in [0.15, 0.2) is 24.3 Å². The SMILES string of the molecule is CCCCS(=O)(=O)N1CCC(C(=O)NCC(c2ccc(C)cc2)N2CCOCC2)CC1. The second kappa shape index (κ2) is 11.4. The second-order valence-electron chi connectivity index (χ2n) is 8.66. The van der Waals surface area contributed by atoms with Gasteiger partial charge in [-0.05, 0) is 31.7 Å². The number of carbonyl (C=O) groups excluding carboxylic acids is 1. The van der Waals surface area contributed by atoms with Gasteiger partial charge in [0.05, 0.1) is 25.0 Å². The molecule has 0 saturated carbocycles. The topological polar surface area (TPSA) is 79.0 Å². The van der Waals surface area contributed by atoms with Gasteiger partial charge >= 0.3 is 0 Å². The molecule has 0 aliphatic carbocycles. The van der Waals surface area contributed by atoms with Crippen LogP contribution in [0.1, 0.15) is 49.8 Å². The van der Waals surface area contributed by atoms with Crippen molar-refractivity contribution in [2.45, 2.75) is 45.6 Å². The molecule has 1 N–H and O–H groups in total. The summed E-state index contributed by atoms with van der Waals surface area (Å²) in [5, 5.41) is 3.16. The fourth-order valence-corrected chi connectivity index (χ4v) is 6.01. The van der Waals surface area contributed by atoms with Crippen molar-refractivity contribution in [3.05, 3.63) is 35.4 Å². The lowest BCUT2D eigenvalue weighted by molar-refractivity contribution is -0.126. The van der Waals surface area contributed by atoms with Gasteiger partial charge in [0.15, 0.2) is 0 Å². The maximum Gasteiger partial charge on any atom is 0.223 e. The predicted octanol–water partition coefficient (Wildman–Crippen LogP) is 2.33. The molecule has 2 saturated heterocycles. The predicted molar refractivity (Wildman–Crippen MR) is 122 cm³/mol. The van der Waals surface area contributed by atoms with E-state index in [-0.39, 0.29) is 23.6 Å². The third-order valence-corrected chi connectivity index (χ3v) is 8.35. The molecule has 0 aromatic heterocycles. The van der Waals surface area contributed by atoms with Crippen LogP contribution in [0.4, 0.5) is 0 Å². The summed E-state index contributed by atoms with van der Waals surface area (Å²) in [5.41, 5.74) is 2.42. The van der Waals surface area contributed by atoms with Gasteiger partial charge in [0.25, 0.3) is 0 Å². The van der Waals surface area contributed by atoms with Crippen molar-refractivity contribution < 1.29 is 17.9 Å². The number of hydrogen-bond acceptors (Lipinski definition) is 5. The van der Waals surface area contributed by atoms with Crippen LogP contribution < -0.4 is 5.32 Å². The average molecular weight is 452 g/mol. The van der Waals surface area contributed by atoms with E-state index in [4.69, 9.17) is 4.74 Å². The van der Waals surface area contributed by atoms with Gasteiger partial charge in [-0.2, -0.15) is 0 Å². The smallest absolute Gasteiger partial charge is 0.223 e.